The summed E-state index contributed by atoms with van der Waals surface area (Å²) in [6.07, 6.45) is 14.0. The minimum absolute atomic E-state index is 0. The number of hydrogen-bond acceptors (Lipinski definition) is 0. The second-order valence-corrected chi connectivity index (χ2v) is 2.14. The summed E-state index contributed by atoms with van der Waals surface area (Å²) in [5, 5.41) is 0. The molecule has 0 unspecified atom stereocenters. The summed E-state index contributed by atoms with van der Waals surface area (Å²) in [6, 6.07) is 0. The van der Waals surface area contributed by atoms with Crippen LogP contribution in [0.15, 0.2) is 24.3 Å². The molecule has 0 heterocycles. The van der Waals surface area contributed by atoms with Gasteiger partial charge in [0.1, 0.15) is 0 Å². The molecule has 1 aliphatic rings. The summed E-state index contributed by atoms with van der Waals surface area (Å²) in [6.45, 7) is 0. The average molecular weight is 339 g/mol. The maximum atomic E-state index is 2.23. The van der Waals surface area contributed by atoms with Crippen LogP contribution in [0.5, 0.6) is 0 Å². The minimum atomic E-state index is 0. The van der Waals surface area contributed by atoms with Crippen molar-refractivity contribution in [2.75, 3.05) is 0 Å². The molecule has 0 aromatic rings. The number of allylic oxidation sites excluding steroid dienone is 4. The van der Waals surface area contributed by atoms with Crippen molar-refractivity contribution in [3.63, 3.8) is 0 Å². The molecule has 1 rings (SSSR count). The molecule has 2 heteroatoms. The molecule has 0 amide bonds. The molecule has 10 heavy (non-hydrogen) atoms. The Morgan fingerprint density at radius 2 is 1.20 bits per heavy atom. The fourth-order valence-electron chi connectivity index (χ4n) is 0.874. The Hall–Kier alpha value is 0.833. The zero-order valence-corrected chi connectivity index (χ0v) is 9.85. The van der Waals surface area contributed by atoms with Crippen molar-refractivity contribution in [2.24, 2.45) is 0 Å². The van der Waals surface area contributed by atoms with Crippen molar-refractivity contribution >= 4 is 24.0 Å². The molecule has 0 aromatic heterocycles. The zero-order valence-electron chi connectivity index (χ0n) is 5.88. The third-order valence-corrected chi connectivity index (χ3v) is 1.37. The molecule has 1 aliphatic carbocycles. The van der Waals surface area contributed by atoms with Gasteiger partial charge in [-0.15, -0.1) is 24.0 Å². The first-order valence-electron chi connectivity index (χ1n) is 3.32. The monoisotopic (exact) mass is 339 g/mol. The molecule has 61 valence electrons. The summed E-state index contributed by atoms with van der Waals surface area (Å²) in [5.41, 5.74) is 0. The van der Waals surface area contributed by atoms with E-state index in [1.54, 1.807) is 0 Å². The van der Waals surface area contributed by atoms with E-state index >= 15 is 0 Å². The van der Waals surface area contributed by atoms with Crippen LogP contribution in [-0.4, -0.2) is 0 Å². The fraction of sp³-hybridized carbons (Fsp3) is 0.500. The third-order valence-electron chi connectivity index (χ3n) is 1.37. The number of halogens is 1. The molecule has 0 N–H and O–H groups in total. The average Bonchev–Trinajstić information content (AvgIpc) is 1.62. The van der Waals surface area contributed by atoms with Gasteiger partial charge in [0.2, 0.25) is 0 Å². The van der Waals surface area contributed by atoms with Gasteiger partial charge in [-0.05, 0) is 25.7 Å². The van der Waals surface area contributed by atoms with Crippen LogP contribution < -0.4 is 0 Å². The molecule has 0 saturated heterocycles. The summed E-state index contributed by atoms with van der Waals surface area (Å²) in [7, 11) is 0. The van der Waals surface area contributed by atoms with Gasteiger partial charge < -0.3 is 0 Å². The molecule has 0 bridgehead atoms. The van der Waals surface area contributed by atoms with E-state index in [4.69, 9.17) is 0 Å². The molecule has 0 aromatic carbocycles. The van der Waals surface area contributed by atoms with E-state index in [9.17, 15) is 0 Å². The van der Waals surface area contributed by atoms with E-state index < -0.39 is 0 Å². The van der Waals surface area contributed by atoms with Crippen LogP contribution >= 0.6 is 24.0 Å². The standard InChI is InChI=1S/C8H12.HI.Rh/c1-2-4-6-8-7-5-3-1;;/h1-4H,5-8H2;1H;/b3-1-,4-2-;;. The first kappa shape index (κ1) is 13.4. The molecule has 0 aliphatic heterocycles. The normalized spacial score (nSPS) is 22.4. The van der Waals surface area contributed by atoms with E-state index in [1.165, 1.54) is 25.7 Å². The van der Waals surface area contributed by atoms with Gasteiger partial charge in [0, 0.05) is 19.5 Å². The van der Waals surface area contributed by atoms with Gasteiger partial charge in [0.15, 0.2) is 0 Å². The Morgan fingerprint density at radius 3 is 1.60 bits per heavy atom. The molecule has 0 nitrogen and oxygen atoms in total. The Kier molecular flexibility index (Phi) is 13.2. The SMILES string of the molecule is C1=C\CCCC\C=C/1.I.[Rh]. The molecule has 1 radical (unpaired) electrons. The number of rotatable bonds is 0. The van der Waals surface area contributed by atoms with Crippen molar-refractivity contribution < 1.29 is 19.5 Å². The third kappa shape index (κ3) is 6.95. The van der Waals surface area contributed by atoms with Gasteiger partial charge in [-0.1, -0.05) is 24.3 Å². The fourth-order valence-corrected chi connectivity index (χ4v) is 0.874. The second-order valence-electron chi connectivity index (χ2n) is 2.14. The molecule has 0 spiro atoms. The minimum Gasteiger partial charge on any atom is -0.107 e. The van der Waals surface area contributed by atoms with Crippen LogP contribution in [0, 0.1) is 0 Å². The number of hydrogen-bond donors (Lipinski definition) is 0. The van der Waals surface area contributed by atoms with Crippen molar-refractivity contribution in [1.82, 2.24) is 0 Å². The second kappa shape index (κ2) is 9.83. The molecule has 0 saturated carbocycles. The molecule has 0 atom stereocenters. The molecule has 0 fully saturated rings. The van der Waals surface area contributed by atoms with E-state index in [0.29, 0.717) is 0 Å². The van der Waals surface area contributed by atoms with E-state index in [0.717, 1.165) is 0 Å². The van der Waals surface area contributed by atoms with Gasteiger partial charge >= 0.3 is 0 Å². The van der Waals surface area contributed by atoms with E-state index in [2.05, 4.69) is 24.3 Å². The maximum absolute atomic E-state index is 2.23. The smallest absolute Gasteiger partial charge is 0 e. The summed E-state index contributed by atoms with van der Waals surface area (Å²) in [5.74, 6) is 0. The van der Waals surface area contributed by atoms with Crippen LogP contribution in [0.1, 0.15) is 25.7 Å². The summed E-state index contributed by atoms with van der Waals surface area (Å²) >= 11 is 0. The van der Waals surface area contributed by atoms with Gasteiger partial charge in [0.05, 0.1) is 0 Å². The van der Waals surface area contributed by atoms with Gasteiger partial charge in [0.25, 0.3) is 0 Å². The van der Waals surface area contributed by atoms with Gasteiger partial charge in [-0.2, -0.15) is 0 Å². The predicted molar refractivity (Wildman–Crippen MR) is 52.2 cm³/mol. The molecular formula is C8H13IRh. The van der Waals surface area contributed by atoms with Crippen LogP contribution in [0.3, 0.4) is 0 Å². The van der Waals surface area contributed by atoms with Crippen LogP contribution in [-0.2, 0) is 19.5 Å². The van der Waals surface area contributed by atoms with Crippen molar-refractivity contribution in [3.05, 3.63) is 24.3 Å². The Bertz CT molecular complexity index is 93.8. The topological polar surface area (TPSA) is 0 Å². The first-order valence-corrected chi connectivity index (χ1v) is 3.32. The van der Waals surface area contributed by atoms with Crippen molar-refractivity contribution in [2.45, 2.75) is 25.7 Å². The van der Waals surface area contributed by atoms with E-state index in [-0.39, 0.29) is 43.5 Å². The quantitative estimate of drug-likeness (QED) is 0.469. The van der Waals surface area contributed by atoms with E-state index in [1.807, 2.05) is 0 Å². The molecular weight excluding hydrogens is 326 g/mol. The Balaban J connectivity index is 0. The van der Waals surface area contributed by atoms with Gasteiger partial charge in [-0.25, -0.2) is 0 Å². The predicted octanol–water partition coefficient (Wildman–Crippen LogP) is 3.29. The van der Waals surface area contributed by atoms with Crippen molar-refractivity contribution in [1.29, 1.82) is 0 Å². The largest absolute Gasteiger partial charge is 0.107 e. The van der Waals surface area contributed by atoms with Crippen LogP contribution in [0.4, 0.5) is 0 Å². The van der Waals surface area contributed by atoms with Crippen LogP contribution in [0.25, 0.3) is 0 Å². The summed E-state index contributed by atoms with van der Waals surface area (Å²) < 4.78 is 0. The van der Waals surface area contributed by atoms with Crippen molar-refractivity contribution in [3.8, 4) is 0 Å². The van der Waals surface area contributed by atoms with Gasteiger partial charge in [-0.3, -0.25) is 0 Å². The maximum Gasteiger partial charge on any atom is 0 e. The zero-order chi connectivity index (χ0) is 5.66. The Labute approximate surface area is 92.9 Å². The van der Waals surface area contributed by atoms with Crippen LogP contribution in [0.2, 0.25) is 0 Å². The first-order chi connectivity index (χ1) is 4.00. The Morgan fingerprint density at radius 1 is 0.800 bits per heavy atom. The summed E-state index contributed by atoms with van der Waals surface area (Å²) in [4.78, 5) is 0.